The molecule has 0 saturated heterocycles. The zero-order valence-electron chi connectivity index (χ0n) is 11.5. The van der Waals surface area contributed by atoms with Gasteiger partial charge in [0.2, 0.25) is 0 Å². The summed E-state index contributed by atoms with van der Waals surface area (Å²) in [5.74, 6) is -0.142. The second-order valence-electron chi connectivity index (χ2n) is 4.84. The summed E-state index contributed by atoms with van der Waals surface area (Å²) in [6.45, 7) is 4.32. The minimum atomic E-state index is -1.01. The first-order chi connectivity index (χ1) is 8.90. The predicted molar refractivity (Wildman–Crippen MR) is 69.5 cm³/mol. The van der Waals surface area contributed by atoms with Gasteiger partial charge >= 0.3 is 12.0 Å². The molecule has 1 aromatic heterocycles. The zero-order valence-corrected chi connectivity index (χ0v) is 11.5. The zero-order chi connectivity index (χ0) is 14.4. The van der Waals surface area contributed by atoms with Gasteiger partial charge in [-0.15, -0.1) is 0 Å². The highest BCUT2D eigenvalue weighted by atomic mass is 16.4. The van der Waals surface area contributed by atoms with Gasteiger partial charge in [-0.25, -0.2) is 9.78 Å². The van der Waals surface area contributed by atoms with E-state index in [9.17, 15) is 9.59 Å². The van der Waals surface area contributed by atoms with Crippen molar-refractivity contribution in [1.29, 1.82) is 0 Å². The summed E-state index contributed by atoms with van der Waals surface area (Å²) in [6.07, 6.45) is 3.29. The third kappa shape index (κ3) is 4.99. The van der Waals surface area contributed by atoms with Crippen molar-refractivity contribution in [3.63, 3.8) is 0 Å². The number of carbonyl (C=O) groups excluding carboxylic acids is 1. The van der Waals surface area contributed by atoms with Gasteiger partial charge in [0.25, 0.3) is 0 Å². The fourth-order valence-corrected chi connectivity index (χ4v) is 1.73. The highest BCUT2D eigenvalue weighted by Gasteiger charge is 2.21. The molecule has 0 aliphatic heterocycles. The van der Waals surface area contributed by atoms with Crippen molar-refractivity contribution in [1.82, 2.24) is 19.8 Å². The van der Waals surface area contributed by atoms with E-state index in [1.165, 1.54) is 9.80 Å². The van der Waals surface area contributed by atoms with Crippen LogP contribution in [0.25, 0.3) is 0 Å². The van der Waals surface area contributed by atoms with Crippen LogP contribution >= 0.6 is 0 Å². The predicted octanol–water partition coefficient (Wildman–Crippen LogP) is 1.00. The number of urea groups is 1. The van der Waals surface area contributed by atoms with Crippen molar-refractivity contribution in [2.24, 2.45) is 5.92 Å². The van der Waals surface area contributed by atoms with Crippen LogP contribution in [0, 0.1) is 5.92 Å². The van der Waals surface area contributed by atoms with Crippen LogP contribution in [0.15, 0.2) is 12.4 Å². The Morgan fingerprint density at radius 1 is 1.47 bits per heavy atom. The maximum atomic E-state index is 12.2. The molecule has 2 amide bonds. The van der Waals surface area contributed by atoms with Crippen LogP contribution in [0.2, 0.25) is 0 Å². The Kier molecular flexibility index (Phi) is 5.35. The largest absolute Gasteiger partial charge is 0.480 e. The molecule has 0 unspecified atom stereocenters. The van der Waals surface area contributed by atoms with Crippen LogP contribution in [0.3, 0.4) is 0 Å². The molecule has 0 aliphatic carbocycles. The molecule has 1 heterocycles. The molecule has 0 radical (unpaired) electrons. The van der Waals surface area contributed by atoms with Crippen molar-refractivity contribution >= 4 is 12.0 Å². The van der Waals surface area contributed by atoms with Crippen molar-refractivity contribution in [2.75, 3.05) is 20.1 Å². The highest BCUT2D eigenvalue weighted by Crippen LogP contribution is 2.05. The monoisotopic (exact) mass is 268 g/mol. The third-order valence-corrected chi connectivity index (χ3v) is 2.45. The number of hydrogen-bond donors (Lipinski definition) is 2. The van der Waals surface area contributed by atoms with E-state index < -0.39 is 5.97 Å². The molecule has 0 aromatic carbocycles. The number of carboxylic acid groups (broad SMARTS) is 1. The maximum absolute atomic E-state index is 12.2. The van der Waals surface area contributed by atoms with Crippen molar-refractivity contribution in [2.45, 2.75) is 20.4 Å². The fourth-order valence-electron chi connectivity index (χ4n) is 1.73. The summed E-state index contributed by atoms with van der Waals surface area (Å²) in [5.41, 5.74) is 0. The number of carboxylic acids is 1. The SMILES string of the molecule is CC(C)CN(CC(=O)O)C(=O)N(C)Cc1ncc[nH]1. The number of carbonyl (C=O) groups is 2. The highest BCUT2D eigenvalue weighted by molar-refractivity contribution is 5.80. The first kappa shape index (κ1) is 15.0. The number of amides is 2. The van der Waals surface area contributed by atoms with Crippen molar-refractivity contribution in [3.8, 4) is 0 Å². The Balaban J connectivity index is 2.66. The minimum absolute atomic E-state index is 0.209. The number of imidazole rings is 1. The number of nitrogens with zero attached hydrogens (tertiary/aromatic N) is 3. The first-order valence-corrected chi connectivity index (χ1v) is 6.10. The van der Waals surface area contributed by atoms with E-state index in [1.54, 1.807) is 19.4 Å². The summed E-state index contributed by atoms with van der Waals surface area (Å²) in [4.78, 5) is 32.7. The summed E-state index contributed by atoms with van der Waals surface area (Å²) in [6, 6.07) is -0.312. The van der Waals surface area contributed by atoms with E-state index in [0.717, 1.165) is 0 Å². The van der Waals surface area contributed by atoms with Crippen LogP contribution in [0.5, 0.6) is 0 Å². The normalized spacial score (nSPS) is 10.5. The number of aromatic nitrogens is 2. The average Bonchev–Trinajstić information content (AvgIpc) is 2.78. The van der Waals surface area contributed by atoms with E-state index in [0.29, 0.717) is 18.9 Å². The number of H-pyrrole nitrogens is 1. The molecule has 0 fully saturated rings. The molecular weight excluding hydrogens is 248 g/mol. The van der Waals surface area contributed by atoms with E-state index in [-0.39, 0.29) is 18.5 Å². The smallest absolute Gasteiger partial charge is 0.323 e. The Labute approximate surface area is 112 Å². The molecule has 2 N–H and O–H groups in total. The quantitative estimate of drug-likeness (QED) is 0.805. The standard InChI is InChI=1S/C12H20N4O3/c1-9(2)6-16(8-11(17)18)12(19)15(3)7-10-13-4-5-14-10/h4-5,9H,6-8H2,1-3H3,(H,13,14)(H,17,18). The van der Waals surface area contributed by atoms with Gasteiger partial charge in [0.15, 0.2) is 0 Å². The summed E-state index contributed by atoms with van der Waals surface area (Å²) < 4.78 is 0. The molecular formula is C12H20N4O3. The van der Waals surface area contributed by atoms with Crippen LogP contribution in [-0.2, 0) is 11.3 Å². The van der Waals surface area contributed by atoms with E-state index in [4.69, 9.17) is 5.11 Å². The average molecular weight is 268 g/mol. The van der Waals surface area contributed by atoms with Gasteiger partial charge in [0.05, 0.1) is 6.54 Å². The van der Waals surface area contributed by atoms with E-state index in [1.807, 2.05) is 13.8 Å². The van der Waals surface area contributed by atoms with Crippen LogP contribution in [-0.4, -0.2) is 57.0 Å². The molecule has 7 nitrogen and oxygen atoms in total. The number of aromatic amines is 1. The van der Waals surface area contributed by atoms with Gasteiger partial charge in [0, 0.05) is 26.0 Å². The van der Waals surface area contributed by atoms with Crippen LogP contribution < -0.4 is 0 Å². The molecule has 7 heteroatoms. The van der Waals surface area contributed by atoms with Crippen LogP contribution in [0.1, 0.15) is 19.7 Å². The van der Waals surface area contributed by atoms with Gasteiger partial charge in [-0.05, 0) is 5.92 Å². The molecule has 0 aliphatic rings. The fraction of sp³-hybridized carbons (Fsp3) is 0.583. The molecule has 0 saturated carbocycles. The second kappa shape index (κ2) is 6.77. The lowest BCUT2D eigenvalue weighted by atomic mass is 10.2. The number of aliphatic carboxylic acids is 1. The Morgan fingerprint density at radius 3 is 2.63 bits per heavy atom. The van der Waals surface area contributed by atoms with Gasteiger partial charge in [0.1, 0.15) is 12.4 Å². The maximum Gasteiger partial charge on any atom is 0.323 e. The van der Waals surface area contributed by atoms with E-state index in [2.05, 4.69) is 9.97 Å². The van der Waals surface area contributed by atoms with Gasteiger partial charge in [-0.3, -0.25) is 4.79 Å². The lowest BCUT2D eigenvalue weighted by Gasteiger charge is -2.27. The molecule has 0 bridgehead atoms. The Bertz CT molecular complexity index is 417. The van der Waals surface area contributed by atoms with Crippen LogP contribution in [0.4, 0.5) is 4.79 Å². The summed E-state index contributed by atoms with van der Waals surface area (Å²) in [7, 11) is 1.63. The lowest BCUT2D eigenvalue weighted by molar-refractivity contribution is -0.137. The third-order valence-electron chi connectivity index (χ3n) is 2.45. The second-order valence-corrected chi connectivity index (χ2v) is 4.84. The summed E-state index contributed by atoms with van der Waals surface area (Å²) in [5, 5.41) is 8.85. The number of nitrogens with one attached hydrogen (secondary N) is 1. The minimum Gasteiger partial charge on any atom is -0.480 e. The first-order valence-electron chi connectivity index (χ1n) is 6.10. The van der Waals surface area contributed by atoms with Crippen molar-refractivity contribution < 1.29 is 14.7 Å². The topological polar surface area (TPSA) is 89.5 Å². The molecule has 0 spiro atoms. The molecule has 1 aromatic rings. The number of hydrogen-bond acceptors (Lipinski definition) is 3. The van der Waals surface area contributed by atoms with Crippen molar-refractivity contribution in [3.05, 3.63) is 18.2 Å². The van der Waals surface area contributed by atoms with Gasteiger partial charge in [-0.1, -0.05) is 13.8 Å². The molecule has 0 atom stereocenters. The Hall–Kier alpha value is -2.05. The Morgan fingerprint density at radius 2 is 2.16 bits per heavy atom. The molecule has 19 heavy (non-hydrogen) atoms. The van der Waals surface area contributed by atoms with Gasteiger partial charge in [-0.2, -0.15) is 0 Å². The summed E-state index contributed by atoms with van der Waals surface area (Å²) >= 11 is 0. The molecule has 106 valence electrons. The van der Waals surface area contributed by atoms with Gasteiger partial charge < -0.3 is 19.9 Å². The van der Waals surface area contributed by atoms with E-state index >= 15 is 0 Å². The molecule has 1 rings (SSSR count). The number of rotatable bonds is 6. The lowest BCUT2D eigenvalue weighted by Crippen LogP contribution is -2.45.